The minimum absolute atomic E-state index is 0.0939. The molecule has 5 nitrogen and oxygen atoms in total. The third-order valence-corrected chi connectivity index (χ3v) is 3.02. The molecule has 0 aliphatic carbocycles. The highest BCUT2D eigenvalue weighted by molar-refractivity contribution is 5.69. The largest absolute Gasteiger partial charge is 0.444 e. The number of aliphatic hydroxyl groups excluding tert-OH is 1. The minimum atomic E-state index is -0.474. The molecule has 2 heterocycles. The Morgan fingerprint density at radius 2 is 2.00 bits per heavy atom. The maximum absolute atomic E-state index is 11.9. The van der Waals surface area contributed by atoms with Crippen LogP contribution < -0.4 is 0 Å². The number of ether oxygens (including phenoxy) is 1. The SMILES string of the molecule is CC(C)(C)OC(=O)N1CCN2C[C@@H](O)[C@H]1C2. The molecule has 1 amide bonds. The van der Waals surface area contributed by atoms with Crippen LogP contribution in [0.3, 0.4) is 0 Å². The van der Waals surface area contributed by atoms with E-state index in [-0.39, 0.29) is 12.1 Å². The van der Waals surface area contributed by atoms with Crippen molar-refractivity contribution >= 4 is 6.09 Å². The lowest BCUT2D eigenvalue weighted by Gasteiger charge is -2.35. The van der Waals surface area contributed by atoms with Gasteiger partial charge in [0.1, 0.15) is 5.60 Å². The second kappa shape index (κ2) is 3.89. The highest BCUT2D eigenvalue weighted by Crippen LogP contribution is 2.23. The third-order valence-electron chi connectivity index (χ3n) is 3.02. The molecule has 16 heavy (non-hydrogen) atoms. The molecule has 0 aromatic heterocycles. The van der Waals surface area contributed by atoms with Crippen LogP contribution in [0.4, 0.5) is 4.79 Å². The zero-order valence-electron chi connectivity index (χ0n) is 10.1. The van der Waals surface area contributed by atoms with Crippen molar-refractivity contribution in [3.63, 3.8) is 0 Å². The van der Waals surface area contributed by atoms with Crippen molar-refractivity contribution < 1.29 is 14.6 Å². The molecular weight excluding hydrogens is 208 g/mol. The maximum Gasteiger partial charge on any atom is 0.410 e. The number of amides is 1. The number of rotatable bonds is 0. The van der Waals surface area contributed by atoms with Crippen LogP contribution in [-0.2, 0) is 4.74 Å². The van der Waals surface area contributed by atoms with Gasteiger partial charge in [-0.05, 0) is 20.8 Å². The highest BCUT2D eigenvalue weighted by Gasteiger charge is 2.42. The maximum atomic E-state index is 11.9. The van der Waals surface area contributed by atoms with Gasteiger partial charge < -0.3 is 9.84 Å². The molecule has 2 aliphatic rings. The van der Waals surface area contributed by atoms with Crippen LogP contribution in [0.25, 0.3) is 0 Å². The van der Waals surface area contributed by atoms with Crippen molar-refractivity contribution in [3.05, 3.63) is 0 Å². The Morgan fingerprint density at radius 3 is 2.62 bits per heavy atom. The van der Waals surface area contributed by atoms with E-state index in [9.17, 15) is 9.90 Å². The van der Waals surface area contributed by atoms with Crippen molar-refractivity contribution in [1.29, 1.82) is 0 Å². The predicted molar refractivity (Wildman–Crippen MR) is 59.2 cm³/mol. The van der Waals surface area contributed by atoms with E-state index in [0.29, 0.717) is 13.1 Å². The van der Waals surface area contributed by atoms with E-state index in [0.717, 1.165) is 13.1 Å². The van der Waals surface area contributed by atoms with Crippen LogP contribution >= 0.6 is 0 Å². The molecule has 5 heteroatoms. The quantitative estimate of drug-likeness (QED) is 0.647. The second-order valence-corrected chi connectivity index (χ2v) is 5.57. The number of carbonyl (C=O) groups is 1. The molecule has 0 saturated carbocycles. The fraction of sp³-hybridized carbons (Fsp3) is 0.909. The predicted octanol–water partition coefficient (Wildman–Crippen LogP) is 0.282. The molecule has 0 aromatic rings. The Hall–Kier alpha value is -0.810. The average molecular weight is 228 g/mol. The van der Waals surface area contributed by atoms with Crippen molar-refractivity contribution in [2.45, 2.75) is 38.5 Å². The molecule has 2 saturated heterocycles. The summed E-state index contributed by atoms with van der Waals surface area (Å²) in [6.45, 7) is 8.47. The van der Waals surface area contributed by atoms with E-state index in [4.69, 9.17) is 4.74 Å². The van der Waals surface area contributed by atoms with Crippen LogP contribution in [0.2, 0.25) is 0 Å². The van der Waals surface area contributed by atoms with Gasteiger partial charge in [-0.1, -0.05) is 0 Å². The van der Waals surface area contributed by atoms with Gasteiger partial charge in [0, 0.05) is 26.2 Å². The first-order valence-electron chi connectivity index (χ1n) is 5.77. The number of aliphatic hydroxyl groups is 1. The average Bonchev–Trinajstić information content (AvgIpc) is 2.40. The smallest absolute Gasteiger partial charge is 0.410 e. The molecular formula is C11H20N2O3. The molecule has 2 fully saturated rings. The fourth-order valence-electron chi connectivity index (χ4n) is 2.30. The minimum Gasteiger partial charge on any atom is -0.444 e. The van der Waals surface area contributed by atoms with Gasteiger partial charge in [-0.25, -0.2) is 4.79 Å². The molecule has 2 bridgehead atoms. The first-order chi connectivity index (χ1) is 7.37. The summed E-state index contributed by atoms with van der Waals surface area (Å²) < 4.78 is 5.33. The fourth-order valence-corrected chi connectivity index (χ4v) is 2.30. The van der Waals surface area contributed by atoms with Crippen molar-refractivity contribution in [2.75, 3.05) is 26.2 Å². The van der Waals surface area contributed by atoms with Crippen LogP contribution in [0.5, 0.6) is 0 Å². The second-order valence-electron chi connectivity index (χ2n) is 5.57. The summed E-state index contributed by atoms with van der Waals surface area (Å²) in [6.07, 6.45) is -0.742. The van der Waals surface area contributed by atoms with E-state index in [1.807, 2.05) is 20.8 Å². The Labute approximate surface area is 96.0 Å². The molecule has 92 valence electrons. The Kier molecular flexibility index (Phi) is 2.84. The molecule has 0 radical (unpaired) electrons. The van der Waals surface area contributed by atoms with E-state index in [2.05, 4.69) is 4.90 Å². The summed E-state index contributed by atoms with van der Waals surface area (Å²) in [4.78, 5) is 15.8. The van der Waals surface area contributed by atoms with Crippen LogP contribution in [0.1, 0.15) is 20.8 Å². The normalized spacial score (nSPS) is 34.0. The molecule has 0 spiro atoms. The number of hydrogen-bond donors (Lipinski definition) is 1. The van der Waals surface area contributed by atoms with Crippen molar-refractivity contribution in [1.82, 2.24) is 9.80 Å². The number of piperazine rings is 1. The van der Waals surface area contributed by atoms with Gasteiger partial charge in [0.05, 0.1) is 12.1 Å². The van der Waals surface area contributed by atoms with Gasteiger partial charge in [0.15, 0.2) is 0 Å². The van der Waals surface area contributed by atoms with E-state index in [1.54, 1.807) is 4.90 Å². The van der Waals surface area contributed by atoms with Gasteiger partial charge in [-0.2, -0.15) is 0 Å². The number of hydrogen-bond acceptors (Lipinski definition) is 4. The van der Waals surface area contributed by atoms with Crippen molar-refractivity contribution in [3.8, 4) is 0 Å². The first kappa shape index (κ1) is 11.7. The lowest BCUT2D eigenvalue weighted by Crippen LogP contribution is -2.53. The lowest BCUT2D eigenvalue weighted by molar-refractivity contribution is -0.0000875. The summed E-state index contributed by atoms with van der Waals surface area (Å²) >= 11 is 0. The molecule has 1 unspecified atom stereocenters. The van der Waals surface area contributed by atoms with Gasteiger partial charge in [0.2, 0.25) is 0 Å². The van der Waals surface area contributed by atoms with Crippen molar-refractivity contribution in [2.24, 2.45) is 0 Å². The van der Waals surface area contributed by atoms with Crippen LogP contribution in [0.15, 0.2) is 0 Å². The Bertz CT molecular complexity index is 287. The summed E-state index contributed by atoms with van der Waals surface area (Å²) in [5, 5.41) is 9.83. The van der Waals surface area contributed by atoms with Crippen LogP contribution in [-0.4, -0.2) is 64.9 Å². The van der Waals surface area contributed by atoms with Crippen LogP contribution in [0, 0.1) is 0 Å². The number of nitrogens with zero attached hydrogens (tertiary/aromatic N) is 2. The lowest BCUT2D eigenvalue weighted by atomic mass is 10.1. The third kappa shape index (κ3) is 2.30. The summed E-state index contributed by atoms with van der Waals surface area (Å²) in [7, 11) is 0. The summed E-state index contributed by atoms with van der Waals surface area (Å²) in [6, 6.07) is -0.0939. The number of carbonyl (C=O) groups excluding carboxylic acids is 1. The number of fused-ring (bicyclic) bond motifs is 2. The van der Waals surface area contributed by atoms with E-state index in [1.165, 1.54) is 0 Å². The standard InChI is InChI=1S/C11H20N2O3/c1-11(2,3)16-10(15)13-5-4-12-6-8(13)9(14)7-12/h8-9,14H,4-7H2,1-3H3/t8-,9-/m1/s1. The Morgan fingerprint density at radius 1 is 1.31 bits per heavy atom. The zero-order chi connectivity index (χ0) is 11.9. The molecule has 0 aromatic carbocycles. The van der Waals surface area contributed by atoms with E-state index < -0.39 is 11.7 Å². The molecule has 2 rings (SSSR count). The topological polar surface area (TPSA) is 53.0 Å². The molecule has 2 aliphatic heterocycles. The van der Waals surface area contributed by atoms with Gasteiger partial charge in [0.25, 0.3) is 0 Å². The molecule has 1 N–H and O–H groups in total. The van der Waals surface area contributed by atoms with Gasteiger partial charge >= 0.3 is 6.09 Å². The summed E-state index contributed by atoms with van der Waals surface area (Å²) in [5.74, 6) is 0. The zero-order valence-corrected chi connectivity index (χ0v) is 10.1. The Balaban J connectivity index is 2.01. The first-order valence-corrected chi connectivity index (χ1v) is 5.77. The van der Waals surface area contributed by atoms with Gasteiger partial charge in [-0.3, -0.25) is 9.80 Å². The summed E-state index contributed by atoms with van der Waals surface area (Å²) in [5.41, 5.74) is -0.474. The van der Waals surface area contributed by atoms with Gasteiger partial charge in [-0.15, -0.1) is 0 Å². The van der Waals surface area contributed by atoms with E-state index >= 15 is 0 Å². The monoisotopic (exact) mass is 228 g/mol. The molecule has 3 atom stereocenters. The highest BCUT2D eigenvalue weighted by atomic mass is 16.6.